The van der Waals surface area contributed by atoms with E-state index in [0.717, 1.165) is 0 Å². The molecule has 2 aromatic rings. The van der Waals surface area contributed by atoms with E-state index in [4.69, 9.17) is 5.11 Å². The monoisotopic (exact) mass is 327 g/mol. The lowest BCUT2D eigenvalue weighted by Crippen LogP contribution is -2.29. The SMILES string of the molecule is Cc1cc(F)cc2c(NC3CCC(C(=O)O)CC3)c(C#N)cnc12. The Morgan fingerprint density at radius 2 is 2.08 bits per heavy atom. The van der Waals surface area contributed by atoms with E-state index in [2.05, 4.69) is 16.4 Å². The van der Waals surface area contributed by atoms with Gasteiger partial charge in [0.25, 0.3) is 0 Å². The summed E-state index contributed by atoms with van der Waals surface area (Å²) in [7, 11) is 0. The Bertz CT molecular complexity index is 836. The highest BCUT2D eigenvalue weighted by Gasteiger charge is 2.26. The molecule has 3 rings (SSSR count). The second-order valence-corrected chi connectivity index (χ2v) is 6.31. The van der Waals surface area contributed by atoms with Crippen LogP contribution in [0.2, 0.25) is 0 Å². The first-order chi connectivity index (χ1) is 11.5. The number of aliphatic carboxylic acids is 1. The van der Waals surface area contributed by atoms with E-state index in [-0.39, 0.29) is 17.8 Å². The number of nitrogens with one attached hydrogen (secondary N) is 1. The number of rotatable bonds is 3. The van der Waals surface area contributed by atoms with E-state index in [1.54, 1.807) is 6.92 Å². The second kappa shape index (κ2) is 6.44. The molecule has 0 unspecified atom stereocenters. The van der Waals surface area contributed by atoms with Crippen LogP contribution in [0.25, 0.3) is 10.9 Å². The van der Waals surface area contributed by atoms with E-state index in [1.165, 1.54) is 18.3 Å². The quantitative estimate of drug-likeness (QED) is 0.899. The van der Waals surface area contributed by atoms with Gasteiger partial charge in [0, 0.05) is 17.6 Å². The molecule has 1 aliphatic carbocycles. The lowest BCUT2D eigenvalue weighted by Gasteiger charge is -2.28. The fraction of sp³-hybridized carbons (Fsp3) is 0.389. The molecule has 0 radical (unpaired) electrons. The predicted octanol–water partition coefficient (Wildman–Crippen LogP) is 3.61. The fourth-order valence-electron chi connectivity index (χ4n) is 3.37. The standard InChI is InChI=1S/C18H18FN3O2/c1-10-6-13(19)7-15-16(10)21-9-12(8-20)17(15)22-14-4-2-11(3-5-14)18(23)24/h6-7,9,11,14H,2-5H2,1H3,(H,21,22)(H,23,24). The summed E-state index contributed by atoms with van der Waals surface area (Å²) in [6.45, 7) is 1.78. The molecule has 2 N–H and O–H groups in total. The molecule has 1 aromatic heterocycles. The van der Waals surface area contributed by atoms with Gasteiger partial charge in [-0.2, -0.15) is 5.26 Å². The highest BCUT2D eigenvalue weighted by Crippen LogP contribution is 2.32. The molecule has 24 heavy (non-hydrogen) atoms. The number of aromatic nitrogens is 1. The van der Waals surface area contributed by atoms with Gasteiger partial charge in [-0.15, -0.1) is 0 Å². The summed E-state index contributed by atoms with van der Waals surface area (Å²) in [5.74, 6) is -1.42. The molecule has 0 amide bonds. The van der Waals surface area contributed by atoms with E-state index in [9.17, 15) is 14.4 Å². The highest BCUT2D eigenvalue weighted by atomic mass is 19.1. The molecule has 1 aromatic carbocycles. The molecule has 0 atom stereocenters. The average Bonchev–Trinajstić information content (AvgIpc) is 2.56. The number of carboxylic acid groups (broad SMARTS) is 1. The maximum atomic E-state index is 13.8. The molecule has 0 aliphatic heterocycles. The number of halogens is 1. The van der Waals surface area contributed by atoms with Gasteiger partial charge in [0.15, 0.2) is 0 Å². The first kappa shape index (κ1) is 16.2. The van der Waals surface area contributed by atoms with Crippen LogP contribution >= 0.6 is 0 Å². The minimum Gasteiger partial charge on any atom is -0.481 e. The van der Waals surface area contributed by atoms with Crippen LogP contribution in [0.4, 0.5) is 10.1 Å². The van der Waals surface area contributed by atoms with Crippen molar-refractivity contribution in [3.05, 3.63) is 35.3 Å². The van der Waals surface area contributed by atoms with Crippen LogP contribution in [0, 0.1) is 30.0 Å². The molecule has 0 spiro atoms. The van der Waals surface area contributed by atoms with Gasteiger partial charge in [-0.05, 0) is 50.3 Å². The number of nitrogens with zero attached hydrogens (tertiary/aromatic N) is 2. The first-order valence-electron chi connectivity index (χ1n) is 7.98. The summed E-state index contributed by atoms with van der Waals surface area (Å²) in [4.78, 5) is 15.3. The molecular weight excluding hydrogens is 309 g/mol. The smallest absolute Gasteiger partial charge is 0.306 e. The molecule has 1 saturated carbocycles. The molecule has 0 saturated heterocycles. The zero-order valence-corrected chi connectivity index (χ0v) is 13.3. The molecule has 1 heterocycles. The van der Waals surface area contributed by atoms with Crippen molar-refractivity contribution in [3.63, 3.8) is 0 Å². The van der Waals surface area contributed by atoms with Gasteiger partial charge in [0.2, 0.25) is 0 Å². The molecule has 6 heteroatoms. The molecule has 5 nitrogen and oxygen atoms in total. The van der Waals surface area contributed by atoms with Gasteiger partial charge < -0.3 is 10.4 Å². The van der Waals surface area contributed by atoms with Crippen molar-refractivity contribution in [1.82, 2.24) is 4.98 Å². The molecular formula is C18H18FN3O2. The number of carbonyl (C=O) groups is 1. The zero-order valence-electron chi connectivity index (χ0n) is 13.3. The van der Waals surface area contributed by atoms with Crippen LogP contribution in [0.1, 0.15) is 36.8 Å². The van der Waals surface area contributed by atoms with Crippen LogP contribution in [0.3, 0.4) is 0 Å². The molecule has 124 valence electrons. The van der Waals surface area contributed by atoms with Crippen LogP contribution in [-0.4, -0.2) is 22.1 Å². The summed E-state index contributed by atoms with van der Waals surface area (Å²) >= 11 is 0. The topological polar surface area (TPSA) is 86.0 Å². The normalized spacial score (nSPS) is 20.5. The number of anilines is 1. The Labute approximate surface area is 139 Å². The van der Waals surface area contributed by atoms with Crippen molar-refractivity contribution in [3.8, 4) is 6.07 Å². The van der Waals surface area contributed by atoms with Gasteiger partial charge >= 0.3 is 5.97 Å². The summed E-state index contributed by atoms with van der Waals surface area (Å²) < 4.78 is 13.8. The number of benzene rings is 1. The van der Waals surface area contributed by atoms with E-state index in [1.807, 2.05) is 0 Å². The predicted molar refractivity (Wildman–Crippen MR) is 88.2 cm³/mol. The maximum absolute atomic E-state index is 13.8. The minimum atomic E-state index is -0.752. The third-order valence-corrected chi connectivity index (χ3v) is 4.67. The number of carboxylic acids is 1. The number of aryl methyl sites for hydroxylation is 1. The molecule has 1 aliphatic rings. The van der Waals surface area contributed by atoms with Crippen molar-refractivity contribution >= 4 is 22.6 Å². The Hall–Kier alpha value is -2.68. The van der Waals surface area contributed by atoms with Gasteiger partial charge in [-0.3, -0.25) is 9.78 Å². The maximum Gasteiger partial charge on any atom is 0.306 e. The zero-order chi connectivity index (χ0) is 17.3. The third-order valence-electron chi connectivity index (χ3n) is 4.67. The van der Waals surface area contributed by atoms with E-state index < -0.39 is 5.97 Å². The van der Waals surface area contributed by atoms with E-state index in [0.29, 0.717) is 53.4 Å². The van der Waals surface area contributed by atoms with Crippen molar-refractivity contribution in [2.24, 2.45) is 5.92 Å². The third kappa shape index (κ3) is 3.02. The Balaban J connectivity index is 1.94. The fourth-order valence-corrected chi connectivity index (χ4v) is 3.37. The lowest BCUT2D eigenvalue weighted by atomic mass is 9.86. The highest BCUT2D eigenvalue weighted by molar-refractivity contribution is 5.95. The van der Waals surface area contributed by atoms with Crippen LogP contribution < -0.4 is 5.32 Å². The Morgan fingerprint density at radius 3 is 2.71 bits per heavy atom. The van der Waals surface area contributed by atoms with Gasteiger partial charge in [-0.25, -0.2) is 4.39 Å². The van der Waals surface area contributed by atoms with Crippen molar-refractivity contribution < 1.29 is 14.3 Å². The number of hydrogen-bond acceptors (Lipinski definition) is 4. The minimum absolute atomic E-state index is 0.0712. The number of fused-ring (bicyclic) bond motifs is 1. The van der Waals surface area contributed by atoms with Gasteiger partial charge in [0.05, 0.1) is 22.7 Å². The second-order valence-electron chi connectivity index (χ2n) is 6.31. The Morgan fingerprint density at radius 1 is 1.38 bits per heavy atom. The number of hydrogen-bond donors (Lipinski definition) is 2. The van der Waals surface area contributed by atoms with Crippen LogP contribution in [-0.2, 0) is 4.79 Å². The van der Waals surface area contributed by atoms with Crippen LogP contribution in [0.5, 0.6) is 0 Å². The van der Waals surface area contributed by atoms with Crippen molar-refractivity contribution in [1.29, 1.82) is 5.26 Å². The van der Waals surface area contributed by atoms with Gasteiger partial charge in [-0.1, -0.05) is 0 Å². The summed E-state index contributed by atoms with van der Waals surface area (Å²) in [5.41, 5.74) is 2.33. The largest absolute Gasteiger partial charge is 0.481 e. The molecule has 1 fully saturated rings. The number of nitriles is 1. The average molecular weight is 327 g/mol. The van der Waals surface area contributed by atoms with Crippen LogP contribution in [0.15, 0.2) is 18.3 Å². The summed E-state index contributed by atoms with van der Waals surface area (Å²) in [5, 5.41) is 22.4. The number of pyridine rings is 1. The van der Waals surface area contributed by atoms with Crippen molar-refractivity contribution in [2.45, 2.75) is 38.6 Å². The van der Waals surface area contributed by atoms with Gasteiger partial charge in [0.1, 0.15) is 11.9 Å². The first-order valence-corrected chi connectivity index (χ1v) is 7.98. The summed E-state index contributed by atoms with van der Waals surface area (Å²) in [6, 6.07) is 4.98. The molecule has 0 bridgehead atoms. The van der Waals surface area contributed by atoms with Crippen molar-refractivity contribution in [2.75, 3.05) is 5.32 Å². The lowest BCUT2D eigenvalue weighted by molar-refractivity contribution is -0.142. The van der Waals surface area contributed by atoms with E-state index >= 15 is 0 Å². The summed E-state index contributed by atoms with van der Waals surface area (Å²) in [6.07, 6.45) is 4.12. The Kier molecular flexibility index (Phi) is 4.34.